The van der Waals surface area contributed by atoms with Crippen LogP contribution >= 0.6 is 11.3 Å². The van der Waals surface area contributed by atoms with Crippen LogP contribution < -0.4 is 5.31 Å². The molecule has 2 aromatic heterocycles. The number of nitrogens with one attached hydrogen (secondary N) is 1. The van der Waals surface area contributed by atoms with E-state index in [2.05, 4.69) is 9.97 Å². The number of nitrogens with zero attached hydrogens (tertiary/aromatic N) is 4. The fourth-order valence-electron chi connectivity index (χ4n) is 3.00. The summed E-state index contributed by atoms with van der Waals surface area (Å²) in [6.07, 6.45) is 0.591. The van der Waals surface area contributed by atoms with Crippen LogP contribution in [-0.4, -0.2) is 34.0 Å². The summed E-state index contributed by atoms with van der Waals surface area (Å²) < 4.78 is 126. The Morgan fingerprint density at radius 1 is 1.47 bits per heavy atom. The van der Waals surface area contributed by atoms with Crippen molar-refractivity contribution in [3.63, 3.8) is 0 Å². The molecule has 0 atom stereocenters. The van der Waals surface area contributed by atoms with E-state index in [0.717, 1.165) is 12.4 Å². The second kappa shape index (κ2) is 8.62. The molecule has 1 fully saturated rings. The average molecular weight is 440 g/mol. The molecule has 1 saturated heterocycles. The highest BCUT2D eigenvalue weighted by Crippen LogP contribution is 2.34. The standard InChI is InChI=1S/C22H23F2N5S/c1-13(2)20-9-19-21(30-20)22(27-12-26-19)28-16-3-5-29(6-4-16)11-15-7-14(10-25)17(23)8-18(15)24/h7-9,12-13,16H,3-6,11H2,1-2H3,(H,26,27,28)/i1D3,2D3,9D,11D2,13D,16D/hD. The average Bonchev–Trinajstić information content (AvgIpc) is 3.23. The highest BCUT2D eigenvalue weighted by molar-refractivity contribution is 7.19. The maximum absolute atomic E-state index is 14.5. The first-order valence-electron chi connectivity index (χ1n) is 14.8. The number of halogens is 2. The van der Waals surface area contributed by atoms with E-state index in [1.54, 1.807) is 6.07 Å². The fourth-order valence-corrected chi connectivity index (χ4v) is 3.85. The van der Waals surface area contributed by atoms with Gasteiger partial charge in [-0.2, -0.15) is 5.26 Å². The molecule has 30 heavy (non-hydrogen) atoms. The van der Waals surface area contributed by atoms with Gasteiger partial charge in [0, 0.05) is 54.4 Å². The van der Waals surface area contributed by atoms with Gasteiger partial charge in [0.15, 0.2) is 1.41 Å². The molecule has 0 amide bonds. The molecule has 1 aliphatic rings. The number of thiophene rings is 1. The highest BCUT2D eigenvalue weighted by atomic mass is 32.1. The number of hydrogen-bond acceptors (Lipinski definition) is 6. The summed E-state index contributed by atoms with van der Waals surface area (Å²) in [5.41, 5.74) is -1.29. The molecule has 1 N–H and O–H groups in total. The van der Waals surface area contributed by atoms with E-state index in [1.807, 2.05) is 0 Å². The van der Waals surface area contributed by atoms with E-state index in [9.17, 15) is 8.78 Å². The molecule has 4 rings (SSSR count). The molecule has 156 valence electrons. The molecule has 0 unspecified atom stereocenters. The Morgan fingerprint density at radius 3 is 3.00 bits per heavy atom. The molecule has 5 nitrogen and oxygen atoms in total. The molecule has 1 aliphatic heterocycles. The van der Waals surface area contributed by atoms with Crippen molar-refractivity contribution >= 4 is 27.4 Å². The Bertz CT molecular complexity index is 1550. The minimum atomic E-state index is -3.36. The predicted octanol–water partition coefficient (Wildman–Crippen LogP) is 5.04. The lowest BCUT2D eigenvalue weighted by atomic mass is 10.0. The summed E-state index contributed by atoms with van der Waals surface area (Å²) >= 11 is 0.476. The quantitative estimate of drug-likeness (QED) is 0.603. The van der Waals surface area contributed by atoms with Gasteiger partial charge < -0.3 is 5.31 Å². The van der Waals surface area contributed by atoms with Crippen molar-refractivity contribution in [3.05, 3.63) is 52.1 Å². The molecule has 3 heterocycles. The van der Waals surface area contributed by atoms with Crippen LogP contribution in [0.3, 0.4) is 0 Å². The van der Waals surface area contributed by atoms with E-state index >= 15 is 0 Å². The number of aromatic nitrogens is 2. The zero-order chi connectivity index (χ0) is 31.6. The van der Waals surface area contributed by atoms with Gasteiger partial charge in [0.25, 0.3) is 0 Å². The number of anilines is 1. The molecular weight excluding hydrogens is 404 g/mol. The summed E-state index contributed by atoms with van der Waals surface area (Å²) in [4.78, 5) is 8.54. The molecule has 0 spiro atoms. The van der Waals surface area contributed by atoms with Gasteiger partial charge >= 0.3 is 0 Å². The third kappa shape index (κ3) is 4.27. The Hall–Kier alpha value is -2.63. The van der Waals surface area contributed by atoms with Gasteiger partial charge in [0.2, 0.25) is 0 Å². The summed E-state index contributed by atoms with van der Waals surface area (Å²) in [5.74, 6) is -5.74. The van der Waals surface area contributed by atoms with Crippen molar-refractivity contribution in [3.8, 4) is 6.07 Å². The van der Waals surface area contributed by atoms with Crippen LogP contribution in [0, 0.1) is 23.0 Å². The topological polar surface area (TPSA) is 64.8 Å². The van der Waals surface area contributed by atoms with Crippen LogP contribution in [0.5, 0.6) is 0 Å². The van der Waals surface area contributed by atoms with Crippen LogP contribution in [0.2, 0.25) is 1.41 Å². The van der Waals surface area contributed by atoms with Gasteiger partial charge in [-0.25, -0.2) is 18.7 Å². The van der Waals surface area contributed by atoms with Gasteiger partial charge in [-0.1, -0.05) is 13.7 Å². The monoisotopic (exact) mass is 439 g/mol. The first-order valence-corrected chi connectivity index (χ1v) is 9.71. The van der Waals surface area contributed by atoms with Crippen LogP contribution in [0.1, 0.15) is 63.5 Å². The zero-order valence-corrected chi connectivity index (χ0v) is 16.3. The first kappa shape index (κ1) is 10.6. The molecule has 8 heteroatoms. The van der Waals surface area contributed by atoms with E-state index < -0.39 is 65.8 Å². The second-order valence-electron chi connectivity index (χ2n) is 6.51. The van der Waals surface area contributed by atoms with E-state index in [1.165, 1.54) is 4.90 Å². The lowest BCUT2D eigenvalue weighted by Gasteiger charge is -2.32. The molecule has 0 bridgehead atoms. The molecule has 0 saturated carbocycles. The van der Waals surface area contributed by atoms with Crippen molar-refractivity contribution in [2.75, 3.05) is 18.4 Å². The number of benzene rings is 1. The van der Waals surface area contributed by atoms with Crippen molar-refractivity contribution in [2.24, 2.45) is 0 Å². The number of rotatable bonds is 5. The van der Waals surface area contributed by atoms with Crippen LogP contribution in [-0.2, 0) is 6.50 Å². The van der Waals surface area contributed by atoms with E-state index in [4.69, 9.17) is 21.8 Å². The van der Waals surface area contributed by atoms with Crippen LogP contribution in [0.15, 0.2) is 24.5 Å². The largest absolute Gasteiger partial charge is 0.366 e. The predicted molar refractivity (Wildman–Crippen MR) is 114 cm³/mol. The molecule has 3 aromatic rings. The Kier molecular flexibility index (Phi) is 3.05. The van der Waals surface area contributed by atoms with Gasteiger partial charge in [-0.3, -0.25) is 4.90 Å². The summed E-state index contributed by atoms with van der Waals surface area (Å²) in [6, 6.07) is 0.386. The summed E-state index contributed by atoms with van der Waals surface area (Å²) in [7, 11) is 0. The number of fused-ring (bicyclic) bond motifs is 1. The Morgan fingerprint density at radius 2 is 2.27 bits per heavy atom. The number of likely N-dealkylation sites (tertiary alicyclic amines) is 1. The molecule has 0 radical (unpaired) electrons. The van der Waals surface area contributed by atoms with Crippen molar-refractivity contribution in [1.82, 2.24) is 14.9 Å². The van der Waals surface area contributed by atoms with Crippen LogP contribution in [0.25, 0.3) is 10.2 Å². The lowest BCUT2D eigenvalue weighted by Crippen LogP contribution is -2.39. The lowest BCUT2D eigenvalue weighted by molar-refractivity contribution is 0.208. The number of nitriles is 1. The van der Waals surface area contributed by atoms with Gasteiger partial charge in [-0.05, 0) is 30.8 Å². The van der Waals surface area contributed by atoms with E-state index in [-0.39, 0.29) is 42.0 Å². The second-order valence-corrected chi connectivity index (χ2v) is 7.53. The third-order valence-electron chi connectivity index (χ3n) is 4.51. The van der Waals surface area contributed by atoms with Gasteiger partial charge in [0.05, 0.1) is 18.5 Å². The third-order valence-corrected chi connectivity index (χ3v) is 5.60. The maximum Gasteiger partial charge on any atom is 0.162 e. The molecule has 1 aromatic carbocycles. The van der Waals surface area contributed by atoms with Crippen molar-refractivity contribution in [1.29, 1.82) is 5.26 Å². The number of piperidine rings is 1. The zero-order valence-electron chi connectivity index (χ0n) is 27.5. The Labute approximate surface area is 195 Å². The Balaban J connectivity index is 1.67. The summed E-state index contributed by atoms with van der Waals surface area (Å²) in [6.45, 7) is -9.56. The summed E-state index contributed by atoms with van der Waals surface area (Å²) in [5, 5.41) is 9.77. The normalized spacial score (nSPS) is 24.2. The first-order chi connectivity index (χ1) is 19.2. The van der Waals surface area contributed by atoms with E-state index in [0.29, 0.717) is 22.7 Å². The number of hydrogen-bond donors (Lipinski definition) is 1. The highest BCUT2D eigenvalue weighted by Gasteiger charge is 2.22. The van der Waals surface area contributed by atoms with Gasteiger partial charge in [-0.15, -0.1) is 11.3 Å². The van der Waals surface area contributed by atoms with Gasteiger partial charge in [0.1, 0.15) is 29.8 Å². The van der Waals surface area contributed by atoms with Crippen LogP contribution in [0.4, 0.5) is 14.6 Å². The van der Waals surface area contributed by atoms with Crippen molar-refractivity contribution in [2.45, 2.75) is 45.0 Å². The minimum absolute atomic E-state index is 0.0700. The maximum atomic E-state index is 14.5. The molecular formula is C22H23F2N5S. The smallest absolute Gasteiger partial charge is 0.162 e. The molecule has 0 aliphatic carbocycles. The fraction of sp³-hybridized carbons (Fsp3) is 0.409. The van der Waals surface area contributed by atoms with Crippen molar-refractivity contribution < 1.29 is 25.3 Å². The SMILES string of the molecule is [2H]c1c(C([2H])(C([2H])([2H])[2H])C([2H])([2H])[2H])sc2c(N([2H])C3([2H])CCN(C([2H])([2H])c4cc(C#N)c(F)cc4F)CC3)ncnc12. The minimum Gasteiger partial charge on any atom is -0.366 e.